The predicted octanol–water partition coefficient (Wildman–Crippen LogP) is 0.0857. The van der Waals surface area contributed by atoms with E-state index in [4.69, 9.17) is 0 Å². The highest BCUT2D eigenvalue weighted by Crippen LogP contribution is 2.54. The third kappa shape index (κ3) is 5.01. The number of fused-ring (bicyclic) bond motifs is 3. The van der Waals surface area contributed by atoms with Crippen LogP contribution in [0.25, 0.3) is 5.76 Å². The highest BCUT2D eigenvalue weighted by atomic mass is 32.2. The standard InChI is InChI=1S/C29H39N5O9S/c1-32(2)18-12-17(31-44(5,42)43)23(35)20-15(18)10-14-11-16-22(33(3)4)25(37)21(28(40)30-13-34-8-6-7-9-34)27(39)29(16,41)26(38)19(14)24(20)36/h12,14,16,22,31,35-36,39,41H,6-11,13H2,1-5H3,(H,30,40)/t14?,16?,22-,29-/m0/s1. The second-order valence-electron chi connectivity index (χ2n) is 12.5. The van der Waals surface area contributed by atoms with Crippen molar-refractivity contribution in [1.82, 2.24) is 15.1 Å². The Morgan fingerprint density at radius 2 is 1.75 bits per heavy atom. The van der Waals surface area contributed by atoms with Gasteiger partial charge in [0.2, 0.25) is 15.8 Å². The quantitative estimate of drug-likeness (QED) is 0.175. The average molecular weight is 634 g/mol. The molecule has 0 bridgehead atoms. The van der Waals surface area contributed by atoms with Crippen LogP contribution in [0.5, 0.6) is 5.75 Å². The molecule has 0 radical (unpaired) electrons. The van der Waals surface area contributed by atoms with Gasteiger partial charge < -0.3 is 30.6 Å². The van der Waals surface area contributed by atoms with Crippen LogP contribution in [0, 0.1) is 11.8 Å². The lowest BCUT2D eigenvalue weighted by Crippen LogP contribution is -2.66. The minimum atomic E-state index is -3.85. The van der Waals surface area contributed by atoms with E-state index in [1.54, 1.807) is 33.1 Å². The first-order valence-corrected chi connectivity index (χ1v) is 16.3. The number of sulfonamides is 1. The molecule has 1 aromatic carbocycles. The van der Waals surface area contributed by atoms with Gasteiger partial charge in [0.25, 0.3) is 5.91 Å². The summed E-state index contributed by atoms with van der Waals surface area (Å²) in [6.07, 6.45) is 2.88. The van der Waals surface area contributed by atoms with E-state index in [1.807, 2.05) is 4.90 Å². The van der Waals surface area contributed by atoms with E-state index in [1.165, 1.54) is 11.0 Å². The summed E-state index contributed by atoms with van der Waals surface area (Å²) < 4.78 is 26.3. The predicted molar refractivity (Wildman–Crippen MR) is 162 cm³/mol. The molecule has 1 saturated heterocycles. The van der Waals surface area contributed by atoms with Gasteiger partial charge in [0, 0.05) is 31.3 Å². The van der Waals surface area contributed by atoms with Gasteiger partial charge in [-0.25, -0.2) is 8.42 Å². The van der Waals surface area contributed by atoms with Gasteiger partial charge >= 0.3 is 0 Å². The fourth-order valence-electron chi connectivity index (χ4n) is 7.16. The van der Waals surface area contributed by atoms with E-state index in [9.17, 15) is 43.2 Å². The molecule has 0 spiro atoms. The molecular formula is C29H39N5O9S. The summed E-state index contributed by atoms with van der Waals surface area (Å²) in [5.41, 5.74) is -3.26. The fraction of sp³-hybridized carbons (Fsp3) is 0.552. The summed E-state index contributed by atoms with van der Waals surface area (Å²) in [6, 6.07) is 0.267. The van der Waals surface area contributed by atoms with Gasteiger partial charge in [-0.3, -0.25) is 28.9 Å². The van der Waals surface area contributed by atoms with Crippen molar-refractivity contribution in [1.29, 1.82) is 0 Å². The molecule has 14 nitrogen and oxygen atoms in total. The molecule has 4 aliphatic rings. The molecule has 6 N–H and O–H groups in total. The number of aliphatic hydroxyl groups is 3. The van der Waals surface area contributed by atoms with Crippen molar-refractivity contribution in [3.8, 4) is 5.75 Å². The highest BCUT2D eigenvalue weighted by molar-refractivity contribution is 7.92. The summed E-state index contributed by atoms with van der Waals surface area (Å²) >= 11 is 0. The number of amides is 1. The average Bonchev–Trinajstić information content (AvgIpc) is 3.44. The van der Waals surface area contributed by atoms with Gasteiger partial charge in [-0.15, -0.1) is 0 Å². The van der Waals surface area contributed by atoms with Crippen molar-refractivity contribution in [2.24, 2.45) is 11.8 Å². The normalized spacial score (nSPS) is 27.3. The number of aliphatic hydroxyl groups excluding tert-OH is 2. The van der Waals surface area contributed by atoms with Crippen LogP contribution in [0.1, 0.15) is 30.4 Å². The van der Waals surface area contributed by atoms with Crippen LogP contribution in [0.15, 0.2) is 23.0 Å². The number of hydrogen-bond donors (Lipinski definition) is 6. The molecule has 4 atom stereocenters. The Morgan fingerprint density at radius 1 is 1.11 bits per heavy atom. The largest absolute Gasteiger partial charge is 0.508 e. The number of carbonyl (C=O) groups is 3. The molecular weight excluding hydrogens is 594 g/mol. The number of aromatic hydroxyl groups is 1. The molecule has 1 heterocycles. The molecule has 15 heteroatoms. The molecule has 1 aromatic rings. The second-order valence-corrected chi connectivity index (χ2v) is 14.2. The van der Waals surface area contributed by atoms with Crippen molar-refractivity contribution < 1.29 is 43.2 Å². The lowest BCUT2D eigenvalue weighted by Gasteiger charge is -2.50. The zero-order valence-electron chi connectivity index (χ0n) is 25.3. The monoisotopic (exact) mass is 633 g/mol. The molecule has 44 heavy (non-hydrogen) atoms. The minimum absolute atomic E-state index is 0.0284. The molecule has 0 aromatic heterocycles. The maximum absolute atomic E-state index is 14.3. The number of rotatable bonds is 7. The van der Waals surface area contributed by atoms with Crippen molar-refractivity contribution in [3.05, 3.63) is 34.1 Å². The summed E-state index contributed by atoms with van der Waals surface area (Å²) in [4.78, 5) is 46.5. The smallest absolute Gasteiger partial charge is 0.259 e. The van der Waals surface area contributed by atoms with Gasteiger partial charge in [-0.2, -0.15) is 0 Å². The number of hydrogen-bond acceptors (Lipinski definition) is 12. The molecule has 1 saturated carbocycles. The fourth-order valence-corrected chi connectivity index (χ4v) is 7.72. The Balaban J connectivity index is 1.66. The molecule has 5 rings (SSSR count). The molecule has 240 valence electrons. The number of nitrogens with zero attached hydrogens (tertiary/aromatic N) is 3. The zero-order chi connectivity index (χ0) is 32.5. The van der Waals surface area contributed by atoms with Crippen LogP contribution >= 0.6 is 0 Å². The number of phenols is 1. The number of ketones is 2. The third-order valence-electron chi connectivity index (χ3n) is 9.12. The van der Waals surface area contributed by atoms with Crippen LogP contribution in [0.4, 0.5) is 11.4 Å². The van der Waals surface area contributed by atoms with Crippen LogP contribution < -0.4 is 14.9 Å². The number of Topliss-reactive ketones (excluding diaryl/α,β-unsaturated/α-hetero) is 2. The number of anilines is 2. The highest BCUT2D eigenvalue weighted by Gasteiger charge is 2.64. The summed E-state index contributed by atoms with van der Waals surface area (Å²) in [5.74, 6) is -7.04. The first kappa shape index (κ1) is 31.8. The number of likely N-dealkylation sites (tertiary alicyclic amines) is 1. The van der Waals surface area contributed by atoms with Crippen LogP contribution in [0.2, 0.25) is 0 Å². The molecule has 2 unspecified atom stereocenters. The lowest BCUT2D eigenvalue weighted by molar-refractivity contribution is -0.153. The Kier molecular flexibility index (Phi) is 7.98. The maximum Gasteiger partial charge on any atom is 0.259 e. The van der Waals surface area contributed by atoms with Gasteiger partial charge in [0.15, 0.2) is 17.1 Å². The van der Waals surface area contributed by atoms with E-state index in [0.29, 0.717) is 11.3 Å². The summed E-state index contributed by atoms with van der Waals surface area (Å²) in [5, 5.41) is 48.8. The number of likely N-dealkylation sites (N-methyl/N-ethyl adjacent to an activating group) is 1. The lowest BCUT2D eigenvalue weighted by atomic mass is 9.57. The second kappa shape index (κ2) is 11.1. The van der Waals surface area contributed by atoms with Crippen LogP contribution in [0.3, 0.4) is 0 Å². The Hall–Kier alpha value is -3.66. The first-order valence-electron chi connectivity index (χ1n) is 14.4. The van der Waals surface area contributed by atoms with Crippen molar-refractivity contribution in [3.63, 3.8) is 0 Å². The SMILES string of the molecule is CN(C)c1cc(NS(C)(=O)=O)c(O)c2c1CC1CC3[C@H](N(C)C)C(=O)C(C(=O)NCN4CCCC4)=C(O)[C@@]3(O)C(=O)C1=C2O. The van der Waals surface area contributed by atoms with Gasteiger partial charge in [-0.1, -0.05) is 0 Å². The van der Waals surface area contributed by atoms with Crippen molar-refractivity contribution >= 4 is 44.6 Å². The number of carbonyl (C=O) groups excluding carboxylic acids is 3. The zero-order valence-corrected chi connectivity index (χ0v) is 26.2. The summed E-state index contributed by atoms with van der Waals surface area (Å²) in [7, 11) is 2.69. The minimum Gasteiger partial charge on any atom is -0.508 e. The number of phenolic OH excluding ortho intramolecular Hbond substituents is 1. The van der Waals surface area contributed by atoms with Crippen molar-refractivity contribution in [2.45, 2.75) is 37.3 Å². The molecule has 1 amide bonds. The number of nitrogens with one attached hydrogen (secondary N) is 2. The Bertz CT molecular complexity index is 1610. The van der Waals surface area contributed by atoms with Gasteiger partial charge in [0.05, 0.1) is 30.2 Å². The molecule has 2 fully saturated rings. The van der Waals surface area contributed by atoms with E-state index in [2.05, 4.69) is 10.0 Å². The van der Waals surface area contributed by atoms with E-state index < -0.39 is 73.8 Å². The number of benzene rings is 1. The van der Waals surface area contributed by atoms with E-state index in [-0.39, 0.29) is 36.3 Å². The van der Waals surface area contributed by atoms with Gasteiger partial charge in [0.1, 0.15) is 17.1 Å². The summed E-state index contributed by atoms with van der Waals surface area (Å²) in [6.45, 7) is 1.63. The maximum atomic E-state index is 14.3. The molecule has 1 aliphatic heterocycles. The van der Waals surface area contributed by atoms with Crippen molar-refractivity contribution in [2.75, 3.05) is 63.8 Å². The van der Waals surface area contributed by atoms with E-state index >= 15 is 0 Å². The van der Waals surface area contributed by atoms with Crippen LogP contribution in [-0.2, 0) is 30.8 Å². The first-order chi connectivity index (χ1) is 20.5. The topological polar surface area (TPSA) is 200 Å². The third-order valence-corrected chi connectivity index (χ3v) is 9.71. The van der Waals surface area contributed by atoms with Crippen LogP contribution in [-0.4, -0.2) is 122 Å². The molecule has 3 aliphatic carbocycles. The Labute approximate surface area is 255 Å². The van der Waals surface area contributed by atoms with Gasteiger partial charge in [-0.05, 0) is 70.4 Å². The Morgan fingerprint density at radius 3 is 2.32 bits per heavy atom. The van der Waals surface area contributed by atoms with E-state index in [0.717, 1.165) is 32.2 Å².